The summed E-state index contributed by atoms with van der Waals surface area (Å²) in [5, 5.41) is 0. The third kappa shape index (κ3) is 17.2. The van der Waals surface area contributed by atoms with Crippen LogP contribution < -0.4 is 0 Å². The van der Waals surface area contributed by atoms with Gasteiger partial charge in [-0.3, -0.25) is 16.5 Å². The number of hydrogen-bond acceptors (Lipinski definition) is 6. The van der Waals surface area contributed by atoms with E-state index in [1.165, 1.54) is 65.1 Å². The van der Waals surface area contributed by atoms with Gasteiger partial charge in [0.15, 0.2) is 5.97 Å². The molecule has 0 radical (unpaired) electrons. The molecule has 0 saturated carbocycles. The molecule has 0 unspecified atom stereocenters. The number of aromatic nitrogens is 2. The Hall–Kier alpha value is -3.15. The molecule has 2 heterocycles. The van der Waals surface area contributed by atoms with Gasteiger partial charge in [0, 0.05) is 29.0 Å². The first-order valence-corrected chi connectivity index (χ1v) is 24.3. The molecule has 0 fully saturated rings. The van der Waals surface area contributed by atoms with Gasteiger partial charge in [0.25, 0.3) is 0 Å². The first kappa shape index (κ1) is 47.9. The van der Waals surface area contributed by atoms with Crippen LogP contribution >= 0.6 is 29.6 Å². The predicted molar refractivity (Wildman–Crippen MR) is 205 cm³/mol. The molecular formula is C40H46Br2F4N2O4Zn. The maximum absolute atomic E-state index is 14.1. The van der Waals surface area contributed by atoms with Gasteiger partial charge in [-0.05, 0) is 145 Å². The Labute approximate surface area is 336 Å². The van der Waals surface area contributed by atoms with E-state index < -0.39 is 40.9 Å². The summed E-state index contributed by atoms with van der Waals surface area (Å²) < 4.78 is 65.3. The molecule has 284 valence electrons. The summed E-state index contributed by atoms with van der Waals surface area (Å²) in [5.74, 6) is -2.68. The standard InChI is InChI=1S/C20H23F2NO2.C14H12BrF2N.C6H11O2.BrH.Zn/c1-12(2)15-9-14(21)10-16(13-6-7-23-18(22)8-13)17(15)11-19(24)25-20(3,4)5;1-8(2)11-6-10(16)7-12(14(11)15)9-3-4-18-13(17)5-9;1-5(7)8-6(2,3)4;;/h6-10,12H,11H2,1-5H3;3-8H,1-2H3;1H2,2-4H3;1H;/q;;-1;;+2/p-1. The van der Waals surface area contributed by atoms with Crippen LogP contribution in [0.2, 0.25) is 0 Å². The average molecular weight is 920 g/mol. The fourth-order valence-electron chi connectivity index (χ4n) is 4.87. The summed E-state index contributed by atoms with van der Waals surface area (Å²) in [6.45, 7) is 21.6. The van der Waals surface area contributed by atoms with Crippen LogP contribution in [0.3, 0.4) is 0 Å². The number of benzene rings is 2. The number of ether oxygens (including phenoxy) is 2. The molecule has 4 aromatic rings. The van der Waals surface area contributed by atoms with Crippen LogP contribution in [0.4, 0.5) is 17.6 Å². The fraction of sp³-hybridized carbons (Fsp3) is 0.375. The van der Waals surface area contributed by atoms with Gasteiger partial charge in [-0.1, -0.05) is 27.7 Å². The molecule has 0 amide bonds. The molecule has 0 atom stereocenters. The van der Waals surface area contributed by atoms with Crippen LogP contribution in [0.1, 0.15) is 97.8 Å². The number of halogens is 6. The van der Waals surface area contributed by atoms with Gasteiger partial charge >= 0.3 is 35.9 Å². The van der Waals surface area contributed by atoms with E-state index in [4.69, 9.17) is 4.74 Å². The molecular weight excluding hydrogens is 874 g/mol. The second kappa shape index (κ2) is 21.7. The Bertz CT molecular complexity index is 1830. The summed E-state index contributed by atoms with van der Waals surface area (Å²) in [7, 11) is 0. The quantitative estimate of drug-likeness (QED) is 0.0630. The number of pyridine rings is 2. The molecule has 6 nitrogen and oxygen atoms in total. The zero-order chi connectivity index (χ0) is 40.8. The zero-order valence-corrected chi connectivity index (χ0v) is 38.0. The second-order valence-corrected chi connectivity index (χ2v) is 15.1. The van der Waals surface area contributed by atoms with Crippen molar-refractivity contribution >= 4 is 41.5 Å². The summed E-state index contributed by atoms with van der Waals surface area (Å²) in [4.78, 5) is 29.5. The minimum absolute atomic E-state index is 0.00132. The molecule has 0 aliphatic carbocycles. The molecule has 0 aliphatic rings. The van der Waals surface area contributed by atoms with Crippen LogP contribution in [0.5, 0.6) is 0 Å². The van der Waals surface area contributed by atoms with Crippen molar-refractivity contribution in [1.82, 2.24) is 9.97 Å². The molecule has 0 bridgehead atoms. The Kier molecular flexibility index (Phi) is 19.6. The summed E-state index contributed by atoms with van der Waals surface area (Å²) in [6, 6.07) is 11.4. The molecule has 0 spiro atoms. The predicted octanol–water partition coefficient (Wildman–Crippen LogP) is 12.0. The number of rotatable bonds is 6. The topological polar surface area (TPSA) is 78.4 Å². The number of carbonyl (C=O) groups is 2. The van der Waals surface area contributed by atoms with Gasteiger partial charge < -0.3 is 9.47 Å². The van der Waals surface area contributed by atoms with Crippen molar-refractivity contribution in [3.8, 4) is 22.3 Å². The van der Waals surface area contributed by atoms with E-state index in [0.29, 0.717) is 33.4 Å². The van der Waals surface area contributed by atoms with E-state index >= 15 is 0 Å². The first-order chi connectivity index (χ1) is 24.5. The van der Waals surface area contributed by atoms with Gasteiger partial charge in [0.1, 0.15) is 22.8 Å². The molecule has 0 aliphatic heterocycles. The van der Waals surface area contributed by atoms with Crippen LogP contribution in [0.25, 0.3) is 22.3 Å². The fourth-order valence-corrected chi connectivity index (χ4v) is 5.79. The van der Waals surface area contributed by atoms with Gasteiger partial charge in [-0.25, -0.2) is 18.7 Å². The third-order valence-corrected chi connectivity index (χ3v) is 7.68. The van der Waals surface area contributed by atoms with E-state index in [2.05, 4.69) is 51.2 Å². The van der Waals surface area contributed by atoms with Crippen molar-refractivity contribution in [1.29, 1.82) is 0 Å². The van der Waals surface area contributed by atoms with Gasteiger partial charge in [0.05, 0.1) is 6.42 Å². The van der Waals surface area contributed by atoms with Crippen LogP contribution in [-0.2, 0) is 41.8 Å². The van der Waals surface area contributed by atoms with E-state index in [0.717, 1.165) is 10.0 Å². The van der Waals surface area contributed by atoms with Crippen LogP contribution in [0.15, 0.2) is 65.4 Å². The van der Waals surface area contributed by atoms with Crippen LogP contribution in [0, 0.1) is 30.5 Å². The number of carbonyl (C=O) groups excluding carboxylic acids is 2. The van der Waals surface area contributed by atoms with Crippen molar-refractivity contribution in [2.24, 2.45) is 0 Å². The molecule has 0 N–H and O–H groups in total. The number of esters is 2. The van der Waals surface area contributed by atoms with Crippen molar-refractivity contribution in [2.45, 2.75) is 98.7 Å². The molecule has 2 aromatic heterocycles. The van der Waals surface area contributed by atoms with Gasteiger partial charge in [-0.15, -0.1) is 0 Å². The van der Waals surface area contributed by atoms with E-state index in [9.17, 15) is 27.2 Å². The molecule has 0 saturated heterocycles. The Morgan fingerprint density at radius 2 is 1.13 bits per heavy atom. The number of nitrogens with zero attached hydrogens (tertiary/aromatic N) is 2. The van der Waals surface area contributed by atoms with Gasteiger partial charge in [0.2, 0.25) is 11.9 Å². The SMILES string of the molecule is CC(C)c1cc(F)cc(-c2ccnc(F)c2)c1Br.CC(C)c1cc(F)cc(-c2ccnc(F)c2)c1CC(=O)OC(C)(C)C.[CH2-]C(=O)OC(C)(C)C.[Zn+][Br]. The van der Waals surface area contributed by atoms with Crippen LogP contribution in [-0.4, -0.2) is 33.1 Å². The van der Waals surface area contributed by atoms with Crippen molar-refractivity contribution in [2.75, 3.05) is 0 Å². The monoisotopic (exact) mass is 916 g/mol. The van der Waals surface area contributed by atoms with Gasteiger partial charge in [-0.2, -0.15) is 8.78 Å². The van der Waals surface area contributed by atoms with E-state index in [1.54, 1.807) is 53.7 Å². The summed E-state index contributed by atoms with van der Waals surface area (Å²) in [6.07, 6.45) is 2.68. The summed E-state index contributed by atoms with van der Waals surface area (Å²) >= 11 is 7.72. The molecule has 4 rings (SSSR count). The van der Waals surface area contributed by atoms with Crippen molar-refractivity contribution in [3.63, 3.8) is 0 Å². The van der Waals surface area contributed by atoms with Crippen molar-refractivity contribution in [3.05, 3.63) is 113 Å². The zero-order valence-electron chi connectivity index (χ0n) is 31.8. The Balaban J connectivity index is 0.000000436. The first-order valence-electron chi connectivity index (χ1n) is 16.6. The molecule has 2 aromatic carbocycles. The Morgan fingerprint density at radius 1 is 0.717 bits per heavy atom. The summed E-state index contributed by atoms with van der Waals surface area (Å²) in [5.41, 5.74) is 3.42. The minimum atomic E-state index is -0.656. The third-order valence-electron chi connectivity index (χ3n) is 6.80. The van der Waals surface area contributed by atoms with E-state index in [1.807, 2.05) is 27.7 Å². The molecule has 13 heteroatoms. The second-order valence-electron chi connectivity index (χ2n) is 14.3. The van der Waals surface area contributed by atoms with E-state index in [-0.39, 0.29) is 24.1 Å². The Morgan fingerprint density at radius 3 is 1.51 bits per heavy atom. The van der Waals surface area contributed by atoms with Crippen molar-refractivity contribution < 1.29 is 53.0 Å². The average Bonchev–Trinajstić information content (AvgIpc) is 3.02. The molecule has 53 heavy (non-hydrogen) atoms. The number of hydrogen-bond donors (Lipinski definition) is 0. The maximum atomic E-state index is 14.1. The normalized spacial score (nSPS) is 11.0.